The van der Waals surface area contributed by atoms with Gasteiger partial charge in [0.2, 0.25) is 0 Å². The zero-order chi connectivity index (χ0) is 14.7. The van der Waals surface area contributed by atoms with Crippen molar-refractivity contribution in [1.82, 2.24) is 0 Å². The Labute approximate surface area is 118 Å². The molecule has 0 fully saturated rings. The number of aryl methyl sites for hydroxylation is 1. The standard InChI is InChI=1S/C16H17NO3/c1-4-20-16(19)14-11(3)17-13(15(14)18)9-12-7-5-10(2)6-8-12/h5-9,18H,4H2,1-3H3/b13-9-. The summed E-state index contributed by atoms with van der Waals surface area (Å²) < 4.78 is 4.92. The summed E-state index contributed by atoms with van der Waals surface area (Å²) in [5.41, 5.74) is 3.07. The highest BCUT2D eigenvalue weighted by molar-refractivity contribution is 6.22. The smallest absolute Gasteiger partial charge is 0.343 e. The molecule has 4 nitrogen and oxygen atoms in total. The topological polar surface area (TPSA) is 58.9 Å². The van der Waals surface area contributed by atoms with Gasteiger partial charge in [-0.15, -0.1) is 0 Å². The molecule has 0 radical (unpaired) electrons. The van der Waals surface area contributed by atoms with Gasteiger partial charge in [0.15, 0.2) is 5.76 Å². The minimum absolute atomic E-state index is 0.124. The fourth-order valence-electron chi connectivity index (χ4n) is 1.96. The van der Waals surface area contributed by atoms with Crippen LogP contribution in [-0.4, -0.2) is 23.4 Å². The van der Waals surface area contributed by atoms with E-state index in [1.165, 1.54) is 0 Å². The molecule has 0 aromatic heterocycles. The van der Waals surface area contributed by atoms with Crippen molar-refractivity contribution >= 4 is 17.8 Å². The molecule has 0 atom stereocenters. The summed E-state index contributed by atoms with van der Waals surface area (Å²) in [6, 6.07) is 7.82. The number of aliphatic hydroxyl groups is 1. The number of hydrogen-bond acceptors (Lipinski definition) is 4. The van der Waals surface area contributed by atoms with Crippen molar-refractivity contribution < 1.29 is 14.6 Å². The van der Waals surface area contributed by atoms with E-state index in [0.717, 1.165) is 11.1 Å². The molecule has 4 heteroatoms. The first-order valence-electron chi connectivity index (χ1n) is 6.47. The summed E-state index contributed by atoms with van der Waals surface area (Å²) in [7, 11) is 0. The third-order valence-corrected chi connectivity index (χ3v) is 2.99. The maximum Gasteiger partial charge on any atom is 0.343 e. The van der Waals surface area contributed by atoms with E-state index in [0.29, 0.717) is 11.4 Å². The van der Waals surface area contributed by atoms with Crippen molar-refractivity contribution in [1.29, 1.82) is 0 Å². The number of carbonyl (C=O) groups is 1. The summed E-state index contributed by atoms with van der Waals surface area (Å²) >= 11 is 0. The van der Waals surface area contributed by atoms with Gasteiger partial charge >= 0.3 is 5.97 Å². The number of hydrogen-bond donors (Lipinski definition) is 1. The van der Waals surface area contributed by atoms with Gasteiger partial charge in [-0.2, -0.15) is 0 Å². The van der Waals surface area contributed by atoms with Crippen LogP contribution in [0, 0.1) is 6.92 Å². The number of nitrogens with zero attached hydrogens (tertiary/aromatic N) is 1. The fraction of sp³-hybridized carbons (Fsp3) is 0.250. The van der Waals surface area contributed by atoms with E-state index < -0.39 is 5.97 Å². The number of aliphatic hydroxyl groups excluding tert-OH is 1. The minimum atomic E-state index is -0.543. The van der Waals surface area contributed by atoms with Crippen LogP contribution in [0.5, 0.6) is 0 Å². The zero-order valence-corrected chi connectivity index (χ0v) is 11.8. The van der Waals surface area contributed by atoms with E-state index >= 15 is 0 Å². The van der Waals surface area contributed by atoms with Crippen LogP contribution in [-0.2, 0) is 9.53 Å². The third kappa shape index (κ3) is 2.79. The van der Waals surface area contributed by atoms with Crippen LogP contribution in [0.3, 0.4) is 0 Å². The van der Waals surface area contributed by atoms with Crippen LogP contribution in [0.15, 0.2) is 46.3 Å². The van der Waals surface area contributed by atoms with Crippen molar-refractivity contribution in [2.24, 2.45) is 4.99 Å². The van der Waals surface area contributed by atoms with Crippen molar-refractivity contribution in [2.75, 3.05) is 6.61 Å². The molecule has 1 heterocycles. The lowest BCUT2D eigenvalue weighted by molar-refractivity contribution is -0.138. The average Bonchev–Trinajstić information content (AvgIpc) is 2.67. The molecule has 0 saturated heterocycles. The number of rotatable bonds is 3. The van der Waals surface area contributed by atoms with Crippen molar-refractivity contribution in [3.05, 3.63) is 52.4 Å². The molecule has 0 saturated carbocycles. The largest absolute Gasteiger partial charge is 0.505 e. The SMILES string of the molecule is CCOC(=O)C1=C(O)/C(=C/c2ccc(C)cc2)N=C1C. The van der Waals surface area contributed by atoms with E-state index in [9.17, 15) is 9.90 Å². The molecule has 1 N–H and O–H groups in total. The number of benzene rings is 1. The van der Waals surface area contributed by atoms with Gasteiger partial charge in [0.1, 0.15) is 11.3 Å². The molecular weight excluding hydrogens is 254 g/mol. The monoisotopic (exact) mass is 271 g/mol. The molecule has 0 unspecified atom stereocenters. The predicted molar refractivity (Wildman–Crippen MR) is 78.6 cm³/mol. The molecule has 0 spiro atoms. The molecule has 104 valence electrons. The maximum absolute atomic E-state index is 11.8. The molecule has 0 bridgehead atoms. The van der Waals surface area contributed by atoms with Crippen molar-refractivity contribution in [3.8, 4) is 0 Å². The Kier molecular flexibility index (Phi) is 4.03. The first kappa shape index (κ1) is 14.1. The summed E-state index contributed by atoms with van der Waals surface area (Å²) in [6.07, 6.45) is 1.74. The van der Waals surface area contributed by atoms with E-state index in [4.69, 9.17) is 4.74 Å². The van der Waals surface area contributed by atoms with E-state index in [-0.39, 0.29) is 17.9 Å². The molecule has 20 heavy (non-hydrogen) atoms. The van der Waals surface area contributed by atoms with Gasteiger partial charge in [0, 0.05) is 0 Å². The van der Waals surface area contributed by atoms with Crippen LogP contribution in [0.25, 0.3) is 6.08 Å². The number of carbonyl (C=O) groups excluding carboxylic acids is 1. The highest BCUT2D eigenvalue weighted by atomic mass is 16.5. The van der Waals surface area contributed by atoms with Crippen LogP contribution in [0.1, 0.15) is 25.0 Å². The van der Waals surface area contributed by atoms with Gasteiger partial charge in [-0.1, -0.05) is 29.8 Å². The van der Waals surface area contributed by atoms with Gasteiger partial charge in [0.25, 0.3) is 0 Å². The van der Waals surface area contributed by atoms with E-state index in [1.54, 1.807) is 19.9 Å². The van der Waals surface area contributed by atoms with Gasteiger partial charge in [-0.25, -0.2) is 9.79 Å². The van der Waals surface area contributed by atoms with E-state index in [1.807, 2.05) is 31.2 Å². The minimum Gasteiger partial charge on any atom is -0.505 e. The Morgan fingerprint density at radius 1 is 1.30 bits per heavy atom. The Hall–Kier alpha value is -2.36. The molecular formula is C16H17NO3. The third-order valence-electron chi connectivity index (χ3n) is 2.99. The fourth-order valence-corrected chi connectivity index (χ4v) is 1.96. The number of esters is 1. The quantitative estimate of drug-likeness (QED) is 0.859. The highest BCUT2D eigenvalue weighted by Crippen LogP contribution is 2.26. The number of aliphatic imine (C=N–C) groups is 1. The van der Waals surface area contributed by atoms with Crippen LogP contribution in [0.4, 0.5) is 0 Å². The normalized spacial score (nSPS) is 16.6. The molecule has 2 rings (SSSR count). The summed E-state index contributed by atoms with van der Waals surface area (Å²) in [5, 5.41) is 10.1. The summed E-state index contributed by atoms with van der Waals surface area (Å²) in [6.45, 7) is 5.67. The van der Waals surface area contributed by atoms with Gasteiger partial charge in [-0.05, 0) is 32.4 Å². The molecule has 1 aromatic carbocycles. The van der Waals surface area contributed by atoms with Crippen molar-refractivity contribution in [2.45, 2.75) is 20.8 Å². The molecule has 1 aliphatic rings. The number of ether oxygens (including phenoxy) is 1. The van der Waals surface area contributed by atoms with Gasteiger partial charge < -0.3 is 9.84 Å². The molecule has 1 aromatic rings. The lowest BCUT2D eigenvalue weighted by Crippen LogP contribution is -2.13. The lowest BCUT2D eigenvalue weighted by atomic mass is 10.1. The Morgan fingerprint density at radius 2 is 1.95 bits per heavy atom. The predicted octanol–water partition coefficient (Wildman–Crippen LogP) is 3.19. The van der Waals surface area contributed by atoms with Crippen LogP contribution >= 0.6 is 0 Å². The summed E-state index contributed by atoms with van der Waals surface area (Å²) in [4.78, 5) is 16.0. The molecule has 1 aliphatic heterocycles. The lowest BCUT2D eigenvalue weighted by Gasteiger charge is -2.02. The second-order valence-corrected chi connectivity index (χ2v) is 4.58. The Bertz CT molecular complexity index is 622. The molecule has 0 amide bonds. The Balaban J connectivity index is 2.35. The zero-order valence-electron chi connectivity index (χ0n) is 11.8. The Morgan fingerprint density at radius 3 is 2.55 bits per heavy atom. The average molecular weight is 271 g/mol. The first-order chi connectivity index (χ1) is 9.52. The molecule has 0 aliphatic carbocycles. The summed E-state index contributed by atoms with van der Waals surface area (Å²) in [5.74, 6) is -0.667. The first-order valence-corrected chi connectivity index (χ1v) is 6.47. The second-order valence-electron chi connectivity index (χ2n) is 4.58. The second kappa shape index (κ2) is 5.74. The van der Waals surface area contributed by atoms with Crippen LogP contribution < -0.4 is 0 Å². The van der Waals surface area contributed by atoms with Crippen LogP contribution in [0.2, 0.25) is 0 Å². The highest BCUT2D eigenvalue weighted by Gasteiger charge is 2.27. The van der Waals surface area contributed by atoms with Crippen molar-refractivity contribution in [3.63, 3.8) is 0 Å². The maximum atomic E-state index is 11.8. The van der Waals surface area contributed by atoms with Gasteiger partial charge in [0.05, 0.1) is 12.3 Å². The van der Waals surface area contributed by atoms with Gasteiger partial charge in [-0.3, -0.25) is 0 Å². The van der Waals surface area contributed by atoms with E-state index in [2.05, 4.69) is 4.99 Å².